The van der Waals surface area contributed by atoms with E-state index in [1.54, 1.807) is 0 Å². The highest BCUT2D eigenvalue weighted by molar-refractivity contribution is 7.90. The number of rotatable bonds is 5. The Labute approximate surface area is 127 Å². The summed E-state index contributed by atoms with van der Waals surface area (Å²) in [4.78, 5) is 0. The van der Waals surface area contributed by atoms with Crippen LogP contribution in [0.3, 0.4) is 0 Å². The van der Waals surface area contributed by atoms with Crippen molar-refractivity contribution < 1.29 is 8.42 Å². The first kappa shape index (κ1) is 15.9. The van der Waals surface area contributed by atoms with E-state index >= 15 is 0 Å². The minimum absolute atomic E-state index is 0.143. The third kappa shape index (κ3) is 4.79. The van der Waals surface area contributed by atoms with Crippen molar-refractivity contribution in [3.8, 4) is 0 Å². The van der Waals surface area contributed by atoms with Crippen molar-refractivity contribution in [1.82, 2.24) is 0 Å². The van der Waals surface area contributed by atoms with E-state index in [4.69, 9.17) is 0 Å². The average molecular weight is 320 g/mol. The van der Waals surface area contributed by atoms with Crippen molar-refractivity contribution in [2.75, 3.05) is 5.75 Å². The molecule has 2 rings (SSSR count). The summed E-state index contributed by atoms with van der Waals surface area (Å²) in [6, 6.07) is 14.4. The van der Waals surface area contributed by atoms with Gasteiger partial charge in [-0.3, -0.25) is 0 Å². The predicted molar refractivity (Wildman–Crippen MR) is 93.5 cm³/mol. The van der Waals surface area contributed by atoms with Crippen molar-refractivity contribution in [3.63, 3.8) is 0 Å². The van der Waals surface area contributed by atoms with E-state index in [0.717, 1.165) is 22.4 Å². The molecule has 0 unspecified atom stereocenters. The quantitative estimate of drug-likeness (QED) is 0.619. The number of nitrogens with zero attached hydrogens (tertiary/aromatic N) is 1. The number of hydrogen-bond acceptors (Lipinski definition) is 2. The Hall–Kier alpha value is -1.46. The maximum Gasteiger partial charge on any atom is 0.252 e. The fraction of sp³-hybridized carbons (Fsp3) is 0.312. The van der Waals surface area contributed by atoms with Crippen molar-refractivity contribution >= 4 is 35.1 Å². The molecule has 2 aromatic rings. The second kappa shape index (κ2) is 6.11. The Morgan fingerprint density at radius 3 is 2.43 bits per heavy atom. The molecule has 112 valence electrons. The molecule has 0 radical (unpaired) electrons. The van der Waals surface area contributed by atoms with E-state index in [1.807, 2.05) is 42.5 Å². The van der Waals surface area contributed by atoms with Gasteiger partial charge < -0.3 is 0 Å². The van der Waals surface area contributed by atoms with Crippen LogP contribution >= 0.6 is 0 Å². The van der Waals surface area contributed by atoms with Crippen LogP contribution in [0.25, 0.3) is 10.8 Å². The normalized spacial score (nSPS) is 13.1. The highest BCUT2D eigenvalue weighted by Crippen LogP contribution is 2.17. The van der Waals surface area contributed by atoms with Crippen LogP contribution in [0.15, 0.2) is 46.9 Å². The van der Waals surface area contributed by atoms with Gasteiger partial charge in [-0.1, -0.05) is 62.1 Å². The number of benzene rings is 2. The summed E-state index contributed by atoms with van der Waals surface area (Å²) in [5.41, 5.74) is 0.838. The van der Waals surface area contributed by atoms with Gasteiger partial charge in [0.2, 0.25) is 0 Å². The lowest BCUT2D eigenvalue weighted by atomic mass is 10.1. The van der Waals surface area contributed by atoms with Crippen LogP contribution in [0.4, 0.5) is 0 Å². The molecule has 0 N–H and O–H groups in total. The molecule has 3 nitrogen and oxygen atoms in total. The lowest BCUT2D eigenvalue weighted by Crippen LogP contribution is -2.23. The fourth-order valence-electron chi connectivity index (χ4n) is 1.99. The van der Waals surface area contributed by atoms with E-state index in [-0.39, 0.29) is 5.75 Å². The van der Waals surface area contributed by atoms with E-state index in [2.05, 4.69) is 24.0 Å². The Morgan fingerprint density at radius 1 is 1.05 bits per heavy atom. The summed E-state index contributed by atoms with van der Waals surface area (Å²) in [6.07, 6.45) is 1.47. The van der Waals surface area contributed by atoms with Gasteiger partial charge in [-0.25, -0.2) is 8.42 Å². The van der Waals surface area contributed by atoms with Crippen molar-refractivity contribution in [2.45, 2.75) is 25.7 Å². The van der Waals surface area contributed by atoms with Gasteiger partial charge in [0, 0.05) is 19.9 Å². The first-order valence-corrected chi connectivity index (χ1v) is 12.3. The molecule has 0 aliphatic heterocycles. The van der Waals surface area contributed by atoms with Gasteiger partial charge in [-0.2, -0.15) is 4.40 Å². The summed E-state index contributed by atoms with van der Waals surface area (Å²) >= 11 is 0. The smallest absolute Gasteiger partial charge is 0.205 e. The van der Waals surface area contributed by atoms with Gasteiger partial charge in [0.1, 0.15) is 0 Å². The molecule has 0 bridgehead atoms. The van der Waals surface area contributed by atoms with Crippen LogP contribution in [0.5, 0.6) is 0 Å². The molecule has 0 aliphatic rings. The monoisotopic (exact) mass is 319 g/mol. The SMILES string of the molecule is C[Si](C)(C)CCS(=O)(=O)/N=C/c1cccc2ccccc12. The van der Waals surface area contributed by atoms with E-state index in [0.29, 0.717) is 0 Å². The zero-order valence-electron chi connectivity index (χ0n) is 12.7. The van der Waals surface area contributed by atoms with Crippen LogP contribution < -0.4 is 0 Å². The second-order valence-corrected chi connectivity index (χ2v) is 13.8. The highest BCUT2D eigenvalue weighted by atomic mass is 32.2. The minimum Gasteiger partial charge on any atom is -0.205 e. The molecule has 0 spiro atoms. The minimum atomic E-state index is -3.38. The van der Waals surface area contributed by atoms with Crippen LogP contribution in [-0.4, -0.2) is 28.5 Å². The van der Waals surface area contributed by atoms with Gasteiger partial charge in [0.15, 0.2) is 0 Å². The van der Waals surface area contributed by atoms with E-state index in [1.165, 1.54) is 6.21 Å². The molecular weight excluding hydrogens is 298 g/mol. The molecule has 0 fully saturated rings. The van der Waals surface area contributed by atoms with Crippen LogP contribution in [0, 0.1) is 0 Å². The molecule has 0 amide bonds. The first-order chi connectivity index (χ1) is 9.77. The third-order valence-electron chi connectivity index (χ3n) is 3.29. The molecule has 0 aromatic heterocycles. The summed E-state index contributed by atoms with van der Waals surface area (Å²) in [6.45, 7) is 6.49. The predicted octanol–water partition coefficient (Wildman–Crippen LogP) is 3.93. The molecular formula is C16H21NO2SSi. The molecule has 0 aliphatic carbocycles. The summed E-state index contributed by atoms with van der Waals surface area (Å²) in [5.74, 6) is 0.143. The largest absolute Gasteiger partial charge is 0.252 e. The van der Waals surface area contributed by atoms with Crippen LogP contribution in [0.2, 0.25) is 25.7 Å². The highest BCUT2D eigenvalue weighted by Gasteiger charge is 2.17. The summed E-state index contributed by atoms with van der Waals surface area (Å²) in [7, 11) is -4.75. The maximum absolute atomic E-state index is 12.0. The van der Waals surface area contributed by atoms with Crippen LogP contribution in [0.1, 0.15) is 5.56 Å². The number of sulfonamides is 1. The van der Waals surface area contributed by atoms with Gasteiger partial charge in [0.05, 0.1) is 5.75 Å². The topological polar surface area (TPSA) is 46.5 Å². The van der Waals surface area contributed by atoms with Crippen molar-refractivity contribution in [1.29, 1.82) is 0 Å². The van der Waals surface area contributed by atoms with Gasteiger partial charge in [-0.05, 0) is 16.8 Å². The standard InChI is InChI=1S/C16H21NO2SSi/c1-21(2,3)12-11-20(18,19)17-13-15-9-6-8-14-7-4-5-10-16(14)15/h4-10,13H,11-12H2,1-3H3/b17-13+. The zero-order chi connectivity index (χ0) is 15.5. The van der Waals surface area contributed by atoms with Gasteiger partial charge >= 0.3 is 0 Å². The van der Waals surface area contributed by atoms with Crippen molar-refractivity contribution in [2.24, 2.45) is 4.40 Å². The molecule has 0 saturated carbocycles. The Bertz CT molecular complexity index is 756. The molecule has 21 heavy (non-hydrogen) atoms. The molecule has 0 heterocycles. The summed E-state index contributed by atoms with van der Waals surface area (Å²) < 4.78 is 27.9. The first-order valence-electron chi connectivity index (χ1n) is 7.03. The zero-order valence-corrected chi connectivity index (χ0v) is 14.5. The Morgan fingerprint density at radius 2 is 1.71 bits per heavy atom. The Kier molecular flexibility index (Phi) is 4.63. The average Bonchev–Trinajstić information content (AvgIpc) is 2.42. The molecule has 5 heteroatoms. The number of hydrogen-bond donors (Lipinski definition) is 0. The Balaban J connectivity index is 2.23. The molecule has 0 saturated heterocycles. The fourth-order valence-corrected chi connectivity index (χ4v) is 5.85. The summed E-state index contributed by atoms with van der Waals surface area (Å²) in [5, 5.41) is 2.10. The lowest BCUT2D eigenvalue weighted by Gasteiger charge is -2.13. The van der Waals surface area contributed by atoms with E-state index < -0.39 is 18.1 Å². The molecule has 0 atom stereocenters. The second-order valence-electron chi connectivity index (χ2n) is 6.40. The third-order valence-corrected chi connectivity index (χ3v) is 6.54. The van der Waals surface area contributed by atoms with Crippen LogP contribution in [-0.2, 0) is 10.0 Å². The molecule has 2 aromatic carbocycles. The van der Waals surface area contributed by atoms with Gasteiger partial charge in [-0.15, -0.1) is 0 Å². The number of fused-ring (bicyclic) bond motifs is 1. The maximum atomic E-state index is 12.0. The van der Waals surface area contributed by atoms with Gasteiger partial charge in [0.25, 0.3) is 10.0 Å². The van der Waals surface area contributed by atoms with E-state index in [9.17, 15) is 8.42 Å². The van der Waals surface area contributed by atoms with Crippen molar-refractivity contribution in [3.05, 3.63) is 48.0 Å². The lowest BCUT2D eigenvalue weighted by molar-refractivity contribution is 0.599.